The zero-order chi connectivity index (χ0) is 19.6. The molecular formula is C20H24N4O3. The van der Waals surface area contributed by atoms with Gasteiger partial charge in [0.1, 0.15) is 0 Å². The van der Waals surface area contributed by atoms with Crippen molar-refractivity contribution in [3.63, 3.8) is 0 Å². The molecule has 0 saturated heterocycles. The second-order valence-corrected chi connectivity index (χ2v) is 6.63. The van der Waals surface area contributed by atoms with Gasteiger partial charge < -0.3 is 10.0 Å². The van der Waals surface area contributed by atoms with Crippen LogP contribution in [0.2, 0.25) is 0 Å². The summed E-state index contributed by atoms with van der Waals surface area (Å²) in [5, 5.41) is 14.5. The Balaban J connectivity index is 1.83. The standard InChI is InChI=1S/C20H24N4O3/c1-4-23(12-11-19(26)27)18(25)10-9-15-13(2)21-20-16-7-5-6-8-17(16)22-24(20)14(15)3/h5-8H,4,9-12H2,1-3H3,(H,26,27). The van der Waals surface area contributed by atoms with E-state index in [-0.39, 0.29) is 18.9 Å². The van der Waals surface area contributed by atoms with Crippen LogP contribution in [-0.4, -0.2) is 49.6 Å². The fraction of sp³-hybridized carbons (Fsp3) is 0.400. The lowest BCUT2D eigenvalue weighted by Crippen LogP contribution is -2.33. The van der Waals surface area contributed by atoms with Crippen molar-refractivity contribution >= 4 is 28.4 Å². The lowest BCUT2D eigenvalue weighted by molar-refractivity contribution is -0.138. The molecule has 3 aromatic rings. The van der Waals surface area contributed by atoms with Crippen molar-refractivity contribution in [2.45, 2.75) is 40.0 Å². The van der Waals surface area contributed by atoms with Gasteiger partial charge in [0.05, 0.1) is 11.9 Å². The van der Waals surface area contributed by atoms with Gasteiger partial charge in [-0.05, 0) is 44.9 Å². The van der Waals surface area contributed by atoms with Crippen molar-refractivity contribution in [1.29, 1.82) is 0 Å². The third-order valence-corrected chi connectivity index (χ3v) is 4.94. The van der Waals surface area contributed by atoms with Crippen LogP contribution in [0.3, 0.4) is 0 Å². The predicted octanol–water partition coefficient (Wildman–Crippen LogP) is 2.76. The van der Waals surface area contributed by atoms with Crippen molar-refractivity contribution in [1.82, 2.24) is 19.5 Å². The number of hydrogen-bond acceptors (Lipinski definition) is 4. The van der Waals surface area contributed by atoms with Crippen LogP contribution in [0.5, 0.6) is 0 Å². The Morgan fingerprint density at radius 3 is 2.63 bits per heavy atom. The fourth-order valence-electron chi connectivity index (χ4n) is 3.42. The van der Waals surface area contributed by atoms with Gasteiger partial charge in [-0.3, -0.25) is 9.59 Å². The molecule has 0 aliphatic heterocycles. The zero-order valence-electron chi connectivity index (χ0n) is 15.9. The largest absolute Gasteiger partial charge is 0.481 e. The van der Waals surface area contributed by atoms with Gasteiger partial charge >= 0.3 is 5.97 Å². The first kappa shape index (κ1) is 18.8. The monoisotopic (exact) mass is 368 g/mol. The molecule has 0 aliphatic carbocycles. The molecule has 2 aromatic heterocycles. The summed E-state index contributed by atoms with van der Waals surface area (Å²) < 4.78 is 1.85. The van der Waals surface area contributed by atoms with Crippen LogP contribution in [0.15, 0.2) is 24.3 Å². The number of aromatic nitrogens is 3. The topological polar surface area (TPSA) is 87.8 Å². The van der Waals surface area contributed by atoms with Crippen LogP contribution in [-0.2, 0) is 16.0 Å². The van der Waals surface area contributed by atoms with Crippen molar-refractivity contribution in [3.8, 4) is 0 Å². The molecule has 1 aromatic carbocycles. The maximum Gasteiger partial charge on any atom is 0.305 e. The van der Waals surface area contributed by atoms with E-state index in [9.17, 15) is 9.59 Å². The zero-order valence-corrected chi connectivity index (χ0v) is 15.9. The molecule has 0 radical (unpaired) electrons. The minimum absolute atomic E-state index is 0.0367. The van der Waals surface area contributed by atoms with Crippen LogP contribution >= 0.6 is 0 Å². The molecule has 7 heteroatoms. The molecule has 2 heterocycles. The molecule has 0 bridgehead atoms. The van der Waals surface area contributed by atoms with Gasteiger partial charge in [0.2, 0.25) is 5.91 Å². The maximum absolute atomic E-state index is 12.5. The predicted molar refractivity (Wildman–Crippen MR) is 103 cm³/mol. The summed E-state index contributed by atoms with van der Waals surface area (Å²) in [5.41, 5.74) is 4.61. The van der Waals surface area contributed by atoms with E-state index in [4.69, 9.17) is 10.1 Å². The molecule has 7 nitrogen and oxygen atoms in total. The molecule has 0 saturated carbocycles. The van der Waals surface area contributed by atoms with E-state index in [1.165, 1.54) is 0 Å². The fourth-order valence-corrected chi connectivity index (χ4v) is 3.42. The van der Waals surface area contributed by atoms with Crippen LogP contribution in [0.1, 0.15) is 36.7 Å². The minimum Gasteiger partial charge on any atom is -0.481 e. The van der Waals surface area contributed by atoms with Gasteiger partial charge in [-0.25, -0.2) is 9.50 Å². The summed E-state index contributed by atoms with van der Waals surface area (Å²) in [7, 11) is 0. The number of carbonyl (C=O) groups is 2. The Morgan fingerprint density at radius 1 is 1.19 bits per heavy atom. The summed E-state index contributed by atoms with van der Waals surface area (Å²) in [6.07, 6.45) is 0.841. The lowest BCUT2D eigenvalue weighted by Gasteiger charge is -2.20. The number of hydrogen-bond donors (Lipinski definition) is 1. The van der Waals surface area contributed by atoms with Gasteiger partial charge in [0.15, 0.2) is 5.65 Å². The Labute approximate surface area is 157 Å². The van der Waals surface area contributed by atoms with Crippen LogP contribution in [0.4, 0.5) is 0 Å². The average Bonchev–Trinajstić information content (AvgIpc) is 3.00. The normalized spacial score (nSPS) is 11.2. The highest BCUT2D eigenvalue weighted by Crippen LogP contribution is 2.23. The summed E-state index contributed by atoms with van der Waals surface area (Å²) in [6.45, 7) is 6.56. The Bertz CT molecular complexity index is 1010. The van der Waals surface area contributed by atoms with Crippen LogP contribution < -0.4 is 0 Å². The number of aliphatic carboxylic acids is 1. The number of fused-ring (bicyclic) bond motifs is 3. The van der Waals surface area contributed by atoms with E-state index in [0.717, 1.165) is 33.5 Å². The third kappa shape index (κ3) is 3.77. The summed E-state index contributed by atoms with van der Waals surface area (Å²) in [4.78, 5) is 29.5. The lowest BCUT2D eigenvalue weighted by atomic mass is 10.1. The molecule has 3 rings (SSSR count). The Kier molecular flexibility index (Phi) is 5.39. The Hall–Kier alpha value is -2.96. The highest BCUT2D eigenvalue weighted by molar-refractivity contribution is 5.92. The number of carboxylic acids is 1. The highest BCUT2D eigenvalue weighted by atomic mass is 16.4. The SMILES string of the molecule is CCN(CCC(=O)O)C(=O)CCc1c(C)nc2c3ccccc3nn2c1C. The molecular weight excluding hydrogens is 344 g/mol. The van der Waals surface area contributed by atoms with Crippen molar-refractivity contribution in [2.24, 2.45) is 0 Å². The van der Waals surface area contributed by atoms with Gasteiger partial charge in [-0.15, -0.1) is 0 Å². The number of carbonyl (C=O) groups excluding carboxylic acids is 1. The van der Waals surface area contributed by atoms with Gasteiger partial charge in [0, 0.05) is 36.3 Å². The summed E-state index contributed by atoms with van der Waals surface area (Å²) in [5.74, 6) is -0.934. The molecule has 27 heavy (non-hydrogen) atoms. The number of carboxylic acid groups (broad SMARTS) is 1. The highest BCUT2D eigenvalue weighted by Gasteiger charge is 2.17. The van der Waals surface area contributed by atoms with Crippen molar-refractivity contribution in [2.75, 3.05) is 13.1 Å². The summed E-state index contributed by atoms with van der Waals surface area (Å²) >= 11 is 0. The first-order chi connectivity index (χ1) is 12.9. The van der Waals surface area contributed by atoms with E-state index in [1.807, 2.05) is 49.6 Å². The van der Waals surface area contributed by atoms with Crippen molar-refractivity contribution in [3.05, 3.63) is 41.2 Å². The molecule has 0 fully saturated rings. The van der Waals surface area contributed by atoms with E-state index < -0.39 is 5.97 Å². The van der Waals surface area contributed by atoms with Crippen LogP contribution in [0.25, 0.3) is 16.6 Å². The Morgan fingerprint density at radius 2 is 1.93 bits per heavy atom. The minimum atomic E-state index is -0.895. The molecule has 1 amide bonds. The maximum atomic E-state index is 12.5. The van der Waals surface area contributed by atoms with E-state index >= 15 is 0 Å². The van der Waals surface area contributed by atoms with Gasteiger partial charge in [-0.1, -0.05) is 12.1 Å². The average molecular weight is 368 g/mol. The first-order valence-electron chi connectivity index (χ1n) is 9.15. The molecule has 1 N–H and O–H groups in total. The number of benzene rings is 1. The number of amides is 1. The van der Waals surface area contributed by atoms with Gasteiger partial charge in [-0.2, -0.15) is 5.10 Å². The molecule has 0 aliphatic rings. The quantitative estimate of drug-likeness (QED) is 0.693. The summed E-state index contributed by atoms with van der Waals surface area (Å²) in [6, 6.07) is 7.89. The molecule has 0 spiro atoms. The molecule has 142 valence electrons. The first-order valence-corrected chi connectivity index (χ1v) is 9.15. The second-order valence-electron chi connectivity index (χ2n) is 6.63. The van der Waals surface area contributed by atoms with E-state index in [1.54, 1.807) is 4.90 Å². The number of aryl methyl sites for hydroxylation is 2. The molecule has 0 unspecified atom stereocenters. The number of nitrogens with zero attached hydrogens (tertiary/aromatic N) is 4. The van der Waals surface area contributed by atoms with Crippen molar-refractivity contribution < 1.29 is 14.7 Å². The van der Waals surface area contributed by atoms with Crippen LogP contribution in [0, 0.1) is 13.8 Å². The number of rotatable bonds is 7. The van der Waals surface area contributed by atoms with E-state index in [0.29, 0.717) is 19.4 Å². The molecule has 0 atom stereocenters. The third-order valence-electron chi connectivity index (χ3n) is 4.94. The smallest absolute Gasteiger partial charge is 0.305 e. The second kappa shape index (κ2) is 7.73. The van der Waals surface area contributed by atoms with E-state index in [2.05, 4.69) is 5.10 Å². The van der Waals surface area contributed by atoms with Gasteiger partial charge in [0.25, 0.3) is 0 Å².